The van der Waals surface area contributed by atoms with Crippen molar-refractivity contribution in [1.82, 2.24) is 0 Å². The third-order valence-corrected chi connectivity index (χ3v) is 6.13. The summed E-state index contributed by atoms with van der Waals surface area (Å²) in [6.07, 6.45) is 0. The van der Waals surface area contributed by atoms with Crippen LogP contribution in [0.25, 0.3) is 0 Å². The van der Waals surface area contributed by atoms with Gasteiger partial charge in [0.25, 0.3) is 0 Å². The van der Waals surface area contributed by atoms with Crippen molar-refractivity contribution in [1.29, 1.82) is 0 Å². The van der Waals surface area contributed by atoms with E-state index in [1.54, 1.807) is 24.3 Å². The van der Waals surface area contributed by atoms with Crippen LogP contribution in [0.5, 0.6) is 0 Å². The average Bonchev–Trinajstić information content (AvgIpc) is 2.69. The summed E-state index contributed by atoms with van der Waals surface area (Å²) in [5.41, 5.74) is 4.64. The van der Waals surface area contributed by atoms with Crippen LogP contribution in [0.4, 0.5) is 14.5 Å². The monoisotopic (exact) mass is 411 g/mol. The second-order valence-corrected chi connectivity index (χ2v) is 8.52. The van der Waals surface area contributed by atoms with E-state index in [-0.39, 0.29) is 28.0 Å². The zero-order valence-corrected chi connectivity index (χ0v) is 17.4. The van der Waals surface area contributed by atoms with Crippen LogP contribution in [0.1, 0.15) is 34.4 Å². The maximum absolute atomic E-state index is 13.4. The third kappa shape index (κ3) is 5.45. The van der Waals surface area contributed by atoms with Crippen LogP contribution in [0.15, 0.2) is 66.7 Å². The van der Waals surface area contributed by atoms with Crippen molar-refractivity contribution in [2.24, 2.45) is 0 Å². The van der Waals surface area contributed by atoms with Crippen LogP contribution in [-0.2, 0) is 4.79 Å². The zero-order valence-electron chi connectivity index (χ0n) is 16.6. The van der Waals surface area contributed by atoms with Gasteiger partial charge in [0.05, 0.1) is 10.5 Å². The lowest BCUT2D eigenvalue weighted by Crippen LogP contribution is -2.24. The topological polar surface area (TPSA) is 29.1 Å². The normalized spacial score (nSPS) is 12.1. The maximum Gasteiger partial charge on any atom is 0.237 e. The molecule has 1 amide bonds. The minimum atomic E-state index is -0.379. The van der Waals surface area contributed by atoms with Gasteiger partial charge in [-0.2, -0.15) is 0 Å². The van der Waals surface area contributed by atoms with Gasteiger partial charge < -0.3 is 5.32 Å². The van der Waals surface area contributed by atoms with Crippen molar-refractivity contribution in [3.63, 3.8) is 0 Å². The van der Waals surface area contributed by atoms with Gasteiger partial charge in [0.15, 0.2) is 0 Å². The number of halogens is 2. The highest BCUT2D eigenvalue weighted by Gasteiger charge is 2.23. The molecule has 0 aliphatic rings. The van der Waals surface area contributed by atoms with Gasteiger partial charge in [-0.3, -0.25) is 4.79 Å². The SMILES string of the molecule is Cc1ccc(NC(=O)[C@@H](C)SC(c2ccc(F)cc2)c2ccc(F)cc2)c(C)c1. The van der Waals surface area contributed by atoms with E-state index in [2.05, 4.69) is 5.32 Å². The summed E-state index contributed by atoms with van der Waals surface area (Å²) in [4.78, 5) is 12.8. The number of aryl methyl sites for hydroxylation is 2. The van der Waals surface area contributed by atoms with Gasteiger partial charge in [-0.25, -0.2) is 8.78 Å². The van der Waals surface area contributed by atoms with E-state index >= 15 is 0 Å². The highest BCUT2D eigenvalue weighted by molar-refractivity contribution is 8.01. The molecule has 0 saturated heterocycles. The van der Waals surface area contributed by atoms with Crippen LogP contribution in [0, 0.1) is 25.5 Å². The van der Waals surface area contributed by atoms with Crippen molar-refractivity contribution in [3.8, 4) is 0 Å². The molecule has 3 aromatic rings. The predicted molar refractivity (Wildman–Crippen MR) is 116 cm³/mol. The number of carbonyl (C=O) groups is 1. The van der Waals surface area contributed by atoms with Crippen LogP contribution in [0.3, 0.4) is 0 Å². The third-order valence-electron chi connectivity index (χ3n) is 4.69. The molecule has 3 aromatic carbocycles. The number of rotatable bonds is 6. The molecule has 0 unspecified atom stereocenters. The Kier molecular flexibility index (Phi) is 6.70. The average molecular weight is 412 g/mol. The van der Waals surface area contributed by atoms with Gasteiger partial charge in [0.2, 0.25) is 5.91 Å². The summed E-state index contributed by atoms with van der Waals surface area (Å²) in [5.74, 6) is -0.759. The van der Waals surface area contributed by atoms with E-state index in [1.807, 2.05) is 39.0 Å². The summed E-state index contributed by atoms with van der Waals surface area (Å²) >= 11 is 1.44. The Bertz CT molecular complexity index is 941. The molecule has 150 valence electrons. The van der Waals surface area contributed by atoms with Crippen LogP contribution >= 0.6 is 11.8 Å². The molecule has 0 bridgehead atoms. The fourth-order valence-electron chi connectivity index (χ4n) is 3.08. The van der Waals surface area contributed by atoms with Gasteiger partial charge in [-0.15, -0.1) is 11.8 Å². The molecule has 0 aliphatic carbocycles. The van der Waals surface area contributed by atoms with Crippen molar-refractivity contribution in [2.75, 3.05) is 5.32 Å². The quantitative estimate of drug-likeness (QED) is 0.506. The van der Waals surface area contributed by atoms with Crippen LogP contribution < -0.4 is 5.32 Å². The van der Waals surface area contributed by atoms with E-state index in [4.69, 9.17) is 0 Å². The van der Waals surface area contributed by atoms with Crippen LogP contribution in [-0.4, -0.2) is 11.2 Å². The first-order valence-corrected chi connectivity index (χ1v) is 10.3. The standard InChI is InChI=1S/C24H23F2NOS/c1-15-4-13-22(16(2)14-15)27-24(28)17(3)29-23(18-5-9-20(25)10-6-18)19-7-11-21(26)12-8-19/h4-14,17,23H,1-3H3,(H,27,28)/t17-/m1/s1. The molecule has 0 fully saturated rings. The minimum absolute atomic E-state index is 0.115. The van der Waals surface area contributed by atoms with Gasteiger partial charge in [0, 0.05) is 5.69 Å². The maximum atomic E-state index is 13.4. The Hall–Kier alpha value is -2.66. The fourth-order valence-corrected chi connectivity index (χ4v) is 4.30. The van der Waals surface area contributed by atoms with Crippen molar-refractivity contribution >= 4 is 23.4 Å². The molecule has 0 aromatic heterocycles. The Balaban J connectivity index is 1.81. The number of amides is 1. The number of thioether (sulfide) groups is 1. The largest absolute Gasteiger partial charge is 0.325 e. The lowest BCUT2D eigenvalue weighted by Gasteiger charge is -2.22. The first-order valence-electron chi connectivity index (χ1n) is 9.38. The smallest absolute Gasteiger partial charge is 0.237 e. The molecule has 0 spiro atoms. The lowest BCUT2D eigenvalue weighted by atomic mass is 10.0. The molecule has 0 aliphatic heterocycles. The summed E-state index contributed by atoms with van der Waals surface area (Å²) in [5, 5.41) is 2.38. The van der Waals surface area contributed by atoms with Gasteiger partial charge >= 0.3 is 0 Å². The Morgan fingerprint density at radius 3 is 1.86 bits per heavy atom. The number of hydrogen-bond donors (Lipinski definition) is 1. The van der Waals surface area contributed by atoms with E-state index in [0.29, 0.717) is 0 Å². The molecule has 0 saturated carbocycles. The fraction of sp³-hybridized carbons (Fsp3) is 0.208. The summed E-state index contributed by atoms with van der Waals surface area (Å²) < 4.78 is 26.8. The molecular formula is C24H23F2NOS. The van der Waals surface area contributed by atoms with Crippen molar-refractivity contribution in [3.05, 3.63) is 101 Å². The number of nitrogens with one attached hydrogen (secondary N) is 1. The Morgan fingerprint density at radius 2 is 1.38 bits per heavy atom. The number of anilines is 1. The second-order valence-electron chi connectivity index (χ2n) is 7.07. The van der Waals surface area contributed by atoms with E-state index < -0.39 is 0 Å². The molecular weight excluding hydrogens is 388 g/mol. The lowest BCUT2D eigenvalue weighted by molar-refractivity contribution is -0.115. The number of benzene rings is 3. The predicted octanol–water partition coefficient (Wildman–Crippen LogP) is 6.43. The molecule has 5 heteroatoms. The van der Waals surface area contributed by atoms with Gasteiger partial charge in [-0.05, 0) is 67.8 Å². The van der Waals surface area contributed by atoms with Crippen LogP contribution in [0.2, 0.25) is 0 Å². The van der Waals surface area contributed by atoms with Crippen molar-refractivity contribution < 1.29 is 13.6 Å². The molecule has 3 rings (SSSR count). The number of hydrogen-bond acceptors (Lipinski definition) is 2. The second kappa shape index (κ2) is 9.23. The highest BCUT2D eigenvalue weighted by Crippen LogP contribution is 2.38. The molecule has 2 nitrogen and oxygen atoms in total. The first kappa shape index (κ1) is 21.1. The van der Waals surface area contributed by atoms with Crippen molar-refractivity contribution in [2.45, 2.75) is 31.3 Å². The molecule has 0 heterocycles. The van der Waals surface area contributed by atoms with Gasteiger partial charge in [0.1, 0.15) is 11.6 Å². The molecule has 0 radical (unpaired) electrons. The zero-order chi connectivity index (χ0) is 21.0. The van der Waals surface area contributed by atoms with E-state index in [9.17, 15) is 13.6 Å². The van der Waals surface area contributed by atoms with E-state index in [0.717, 1.165) is 27.9 Å². The van der Waals surface area contributed by atoms with E-state index in [1.165, 1.54) is 36.0 Å². The van der Waals surface area contributed by atoms with Gasteiger partial charge in [-0.1, -0.05) is 42.0 Å². The Morgan fingerprint density at radius 1 is 0.862 bits per heavy atom. The molecule has 1 N–H and O–H groups in total. The summed E-state index contributed by atoms with van der Waals surface area (Å²) in [6.45, 7) is 5.80. The Labute approximate surface area is 174 Å². The first-order chi connectivity index (χ1) is 13.8. The minimum Gasteiger partial charge on any atom is -0.325 e. The molecule has 1 atom stereocenters. The summed E-state index contributed by atoms with van der Waals surface area (Å²) in [7, 11) is 0. The molecule has 29 heavy (non-hydrogen) atoms. The highest BCUT2D eigenvalue weighted by atomic mass is 32.2. The number of carbonyl (C=O) groups excluding carboxylic acids is 1. The summed E-state index contributed by atoms with van der Waals surface area (Å²) in [6, 6.07) is 18.3.